The van der Waals surface area contributed by atoms with Crippen LogP contribution in [0, 0.1) is 0 Å². The Morgan fingerprint density at radius 2 is 1.24 bits per heavy atom. The van der Waals surface area contributed by atoms with Gasteiger partial charge in [-0.3, -0.25) is 0 Å². The zero-order valence-electron chi connectivity index (χ0n) is 22.0. The maximum absolute atomic E-state index is 6.20. The summed E-state index contributed by atoms with van der Waals surface area (Å²) in [5, 5.41) is 0. The van der Waals surface area contributed by atoms with E-state index in [1.54, 1.807) is 21.3 Å². The Morgan fingerprint density at radius 3 is 2.00 bits per heavy atom. The third-order valence-corrected chi connectivity index (χ3v) is 6.59. The minimum Gasteiger partial charge on any atom is -0.497 e. The molecule has 0 aliphatic carbocycles. The summed E-state index contributed by atoms with van der Waals surface area (Å²) in [7, 11) is 5.01. The maximum Gasteiger partial charge on any atom is 0.231 e. The van der Waals surface area contributed by atoms with Crippen molar-refractivity contribution in [3.05, 3.63) is 101 Å². The molecule has 0 saturated carbocycles. The zero-order chi connectivity index (χ0) is 26.3. The van der Waals surface area contributed by atoms with Crippen LogP contribution in [0.3, 0.4) is 0 Å². The first-order valence-corrected chi connectivity index (χ1v) is 12.7. The molecule has 0 radical (unpaired) electrons. The van der Waals surface area contributed by atoms with Gasteiger partial charge >= 0.3 is 0 Å². The highest BCUT2D eigenvalue weighted by atomic mass is 16.7. The predicted octanol–water partition coefficient (Wildman–Crippen LogP) is 6.80. The third kappa shape index (κ3) is 6.14. The van der Waals surface area contributed by atoms with Crippen LogP contribution in [0.2, 0.25) is 0 Å². The van der Waals surface area contributed by atoms with Crippen LogP contribution in [0.25, 0.3) is 0 Å². The van der Waals surface area contributed by atoms with Crippen LogP contribution in [0.15, 0.2) is 78.9 Å². The van der Waals surface area contributed by atoms with Gasteiger partial charge in [-0.2, -0.15) is 0 Å². The number of aryl methyl sites for hydroxylation is 4. The molecule has 0 atom stereocenters. The number of fused-ring (bicyclic) bond motifs is 1. The van der Waals surface area contributed by atoms with E-state index in [1.807, 2.05) is 42.5 Å². The second-order valence-corrected chi connectivity index (χ2v) is 9.15. The fourth-order valence-electron chi connectivity index (χ4n) is 4.55. The first-order valence-electron chi connectivity index (χ1n) is 12.7. The van der Waals surface area contributed by atoms with Crippen LogP contribution in [0.5, 0.6) is 40.2 Å². The highest BCUT2D eigenvalue weighted by molar-refractivity contribution is 5.55. The zero-order valence-corrected chi connectivity index (χ0v) is 22.0. The van der Waals surface area contributed by atoms with Gasteiger partial charge in [0, 0.05) is 6.07 Å². The Morgan fingerprint density at radius 1 is 0.553 bits per heavy atom. The van der Waals surface area contributed by atoms with Gasteiger partial charge in [0.25, 0.3) is 0 Å². The molecule has 4 aromatic rings. The highest BCUT2D eigenvalue weighted by Crippen LogP contribution is 2.42. The van der Waals surface area contributed by atoms with Crippen LogP contribution >= 0.6 is 0 Å². The van der Waals surface area contributed by atoms with Gasteiger partial charge in [-0.15, -0.1) is 0 Å². The van der Waals surface area contributed by atoms with Crippen molar-refractivity contribution in [2.75, 3.05) is 28.1 Å². The summed E-state index contributed by atoms with van der Waals surface area (Å²) in [5.74, 6) is 5.31. The summed E-state index contributed by atoms with van der Waals surface area (Å²) in [4.78, 5) is 0. The molecule has 0 N–H and O–H groups in total. The maximum atomic E-state index is 6.20. The molecule has 0 unspecified atom stereocenters. The first kappa shape index (κ1) is 25.3. The second-order valence-electron chi connectivity index (χ2n) is 9.15. The second kappa shape index (κ2) is 11.8. The van der Waals surface area contributed by atoms with Gasteiger partial charge in [0.15, 0.2) is 11.5 Å². The van der Waals surface area contributed by atoms with E-state index in [0.29, 0.717) is 11.5 Å². The Balaban J connectivity index is 1.21. The molecule has 0 saturated heterocycles. The summed E-state index contributed by atoms with van der Waals surface area (Å²) in [5.41, 5.74) is 4.74. The molecule has 1 aliphatic rings. The number of methoxy groups -OCH3 is 3. The molecule has 1 heterocycles. The molecule has 5 rings (SSSR count). The molecule has 0 fully saturated rings. The quantitative estimate of drug-likeness (QED) is 0.220. The van der Waals surface area contributed by atoms with E-state index in [-0.39, 0.29) is 6.79 Å². The Hall–Kier alpha value is -4.32. The summed E-state index contributed by atoms with van der Waals surface area (Å²) < 4.78 is 33.6. The fraction of sp³-hybridized carbons (Fsp3) is 0.250. The van der Waals surface area contributed by atoms with Crippen LogP contribution in [-0.2, 0) is 25.7 Å². The van der Waals surface area contributed by atoms with Crippen molar-refractivity contribution in [1.82, 2.24) is 0 Å². The van der Waals surface area contributed by atoms with Gasteiger partial charge < -0.3 is 28.4 Å². The van der Waals surface area contributed by atoms with Gasteiger partial charge in [-0.25, -0.2) is 0 Å². The lowest BCUT2D eigenvalue weighted by atomic mass is 10.0. The number of ether oxygens (including phenoxy) is 6. The average Bonchev–Trinajstić information content (AvgIpc) is 3.44. The van der Waals surface area contributed by atoms with Crippen molar-refractivity contribution in [2.24, 2.45) is 0 Å². The largest absolute Gasteiger partial charge is 0.497 e. The predicted molar refractivity (Wildman–Crippen MR) is 146 cm³/mol. The van der Waals surface area contributed by atoms with Crippen LogP contribution in [0.4, 0.5) is 0 Å². The normalized spacial score (nSPS) is 11.8. The van der Waals surface area contributed by atoms with Crippen LogP contribution in [-0.4, -0.2) is 28.1 Å². The van der Waals surface area contributed by atoms with E-state index in [2.05, 4.69) is 36.4 Å². The fourth-order valence-corrected chi connectivity index (χ4v) is 4.55. The van der Waals surface area contributed by atoms with E-state index in [1.165, 1.54) is 11.1 Å². The van der Waals surface area contributed by atoms with Gasteiger partial charge in [0.2, 0.25) is 12.5 Å². The Labute approximate surface area is 223 Å². The van der Waals surface area contributed by atoms with Crippen molar-refractivity contribution in [2.45, 2.75) is 25.7 Å². The summed E-state index contributed by atoms with van der Waals surface area (Å²) in [6.45, 7) is 0.230. The van der Waals surface area contributed by atoms with Crippen molar-refractivity contribution in [3.8, 4) is 40.2 Å². The van der Waals surface area contributed by atoms with Gasteiger partial charge in [0.1, 0.15) is 23.0 Å². The average molecular weight is 513 g/mol. The molecule has 0 aromatic heterocycles. The van der Waals surface area contributed by atoms with E-state index < -0.39 is 0 Å². The molecule has 6 heteroatoms. The molecule has 0 spiro atoms. The van der Waals surface area contributed by atoms with Gasteiger partial charge in [-0.05, 0) is 96.5 Å². The standard InChI is InChI=1S/C32H32O6/c1-33-27-6-4-5-23(15-27)8-10-24-16-28(34-2)20-29(17-24)38-26-13-11-22(12-14-26)7-9-25-18-30(35-3)32-31(19-25)36-21-37-32/h4-6,11-20H,7-10,21H2,1-3H3. The molecule has 196 valence electrons. The van der Waals surface area contributed by atoms with Gasteiger partial charge in [-0.1, -0.05) is 24.3 Å². The third-order valence-electron chi connectivity index (χ3n) is 6.59. The topological polar surface area (TPSA) is 55.4 Å². The number of benzene rings is 4. The molecule has 4 aromatic carbocycles. The lowest BCUT2D eigenvalue weighted by Crippen LogP contribution is -1.96. The van der Waals surface area contributed by atoms with Crippen molar-refractivity contribution in [1.29, 1.82) is 0 Å². The Kier molecular flexibility index (Phi) is 7.88. The summed E-state index contributed by atoms with van der Waals surface area (Å²) >= 11 is 0. The van der Waals surface area contributed by atoms with E-state index >= 15 is 0 Å². The van der Waals surface area contributed by atoms with E-state index in [0.717, 1.165) is 65.6 Å². The smallest absolute Gasteiger partial charge is 0.231 e. The van der Waals surface area contributed by atoms with E-state index in [4.69, 9.17) is 28.4 Å². The van der Waals surface area contributed by atoms with E-state index in [9.17, 15) is 0 Å². The monoisotopic (exact) mass is 512 g/mol. The summed E-state index contributed by atoms with van der Waals surface area (Å²) in [6, 6.07) is 26.5. The Bertz CT molecular complexity index is 1380. The molecule has 38 heavy (non-hydrogen) atoms. The minimum atomic E-state index is 0.230. The number of hydrogen-bond acceptors (Lipinski definition) is 6. The molecular formula is C32H32O6. The van der Waals surface area contributed by atoms with Crippen LogP contribution < -0.4 is 28.4 Å². The van der Waals surface area contributed by atoms with Crippen molar-refractivity contribution < 1.29 is 28.4 Å². The lowest BCUT2D eigenvalue weighted by Gasteiger charge is -2.12. The van der Waals surface area contributed by atoms with Gasteiger partial charge in [0.05, 0.1) is 21.3 Å². The van der Waals surface area contributed by atoms with Crippen LogP contribution in [0.1, 0.15) is 22.3 Å². The molecule has 1 aliphatic heterocycles. The molecule has 6 nitrogen and oxygen atoms in total. The first-order chi connectivity index (χ1) is 18.6. The molecule has 0 amide bonds. The van der Waals surface area contributed by atoms with Crippen molar-refractivity contribution >= 4 is 0 Å². The molecule has 0 bridgehead atoms. The number of rotatable bonds is 11. The molecular weight excluding hydrogens is 480 g/mol. The minimum absolute atomic E-state index is 0.230. The summed E-state index contributed by atoms with van der Waals surface area (Å²) in [6.07, 6.45) is 3.51. The lowest BCUT2D eigenvalue weighted by molar-refractivity contribution is 0.171. The highest BCUT2D eigenvalue weighted by Gasteiger charge is 2.20. The SMILES string of the molecule is COc1cccc(CCc2cc(OC)cc(Oc3ccc(CCc4cc(OC)c5c(c4)OCO5)cc3)c2)c1. The van der Waals surface area contributed by atoms with Crippen molar-refractivity contribution in [3.63, 3.8) is 0 Å². The number of hydrogen-bond donors (Lipinski definition) is 0.